The molecule has 1 aromatic rings. The van der Waals surface area contributed by atoms with Gasteiger partial charge in [-0.1, -0.05) is 0 Å². The standard InChI is InChI=1S/C11H14BrFN2/c12-10-6-8(13)3-4-11(10)15-9-2-1-5-14-7-9/h3-4,6,9,14-15H,1-2,5,7H2. The van der Waals surface area contributed by atoms with Crippen molar-refractivity contribution in [1.29, 1.82) is 0 Å². The lowest BCUT2D eigenvalue weighted by Crippen LogP contribution is -2.38. The lowest BCUT2D eigenvalue weighted by Gasteiger charge is -2.25. The zero-order valence-corrected chi connectivity index (χ0v) is 9.98. The Kier molecular flexibility index (Phi) is 3.59. The molecule has 15 heavy (non-hydrogen) atoms. The van der Waals surface area contributed by atoms with Gasteiger partial charge in [0.1, 0.15) is 5.82 Å². The maximum absolute atomic E-state index is 12.9. The van der Waals surface area contributed by atoms with Crippen LogP contribution in [0.1, 0.15) is 12.8 Å². The molecule has 4 heteroatoms. The van der Waals surface area contributed by atoms with E-state index in [4.69, 9.17) is 0 Å². The number of halogens is 2. The van der Waals surface area contributed by atoms with Gasteiger partial charge in [-0.05, 0) is 53.5 Å². The Morgan fingerprint density at radius 1 is 1.47 bits per heavy atom. The molecule has 1 unspecified atom stereocenters. The van der Waals surface area contributed by atoms with Crippen LogP contribution in [0, 0.1) is 5.82 Å². The molecule has 0 aromatic heterocycles. The summed E-state index contributed by atoms with van der Waals surface area (Å²) in [5, 5.41) is 6.73. The first-order valence-corrected chi connectivity index (χ1v) is 5.97. The molecular weight excluding hydrogens is 259 g/mol. The molecule has 1 saturated heterocycles. The van der Waals surface area contributed by atoms with Crippen LogP contribution in [0.2, 0.25) is 0 Å². The summed E-state index contributed by atoms with van der Waals surface area (Å²) >= 11 is 3.35. The van der Waals surface area contributed by atoms with E-state index in [2.05, 4.69) is 26.6 Å². The van der Waals surface area contributed by atoms with Crippen molar-refractivity contribution in [1.82, 2.24) is 5.32 Å². The van der Waals surface area contributed by atoms with Gasteiger partial charge in [0.25, 0.3) is 0 Å². The highest BCUT2D eigenvalue weighted by Crippen LogP contribution is 2.24. The number of benzene rings is 1. The highest BCUT2D eigenvalue weighted by molar-refractivity contribution is 9.10. The number of hydrogen-bond acceptors (Lipinski definition) is 2. The summed E-state index contributed by atoms with van der Waals surface area (Å²) < 4.78 is 13.6. The average Bonchev–Trinajstić information content (AvgIpc) is 2.24. The van der Waals surface area contributed by atoms with Gasteiger partial charge in [0.05, 0.1) is 0 Å². The molecule has 0 bridgehead atoms. The van der Waals surface area contributed by atoms with Gasteiger partial charge in [-0.2, -0.15) is 0 Å². The van der Waals surface area contributed by atoms with Crippen molar-refractivity contribution in [2.45, 2.75) is 18.9 Å². The van der Waals surface area contributed by atoms with Gasteiger partial charge in [-0.25, -0.2) is 4.39 Å². The van der Waals surface area contributed by atoms with Crippen molar-refractivity contribution in [3.8, 4) is 0 Å². The van der Waals surface area contributed by atoms with E-state index in [0.29, 0.717) is 6.04 Å². The van der Waals surface area contributed by atoms with Gasteiger partial charge in [0.15, 0.2) is 0 Å². The highest BCUT2D eigenvalue weighted by Gasteiger charge is 2.13. The summed E-state index contributed by atoms with van der Waals surface area (Å²) in [6.45, 7) is 2.08. The second kappa shape index (κ2) is 4.94. The van der Waals surface area contributed by atoms with Crippen LogP contribution in [0.15, 0.2) is 22.7 Å². The second-order valence-corrected chi connectivity index (χ2v) is 4.67. The third kappa shape index (κ3) is 2.92. The summed E-state index contributed by atoms with van der Waals surface area (Å²) in [5.41, 5.74) is 0.963. The van der Waals surface area contributed by atoms with Crippen molar-refractivity contribution >= 4 is 21.6 Å². The summed E-state index contributed by atoms with van der Waals surface area (Å²) in [6, 6.07) is 5.18. The molecule has 0 radical (unpaired) electrons. The lowest BCUT2D eigenvalue weighted by molar-refractivity contribution is 0.479. The predicted molar refractivity (Wildman–Crippen MR) is 63.6 cm³/mol. The van der Waals surface area contributed by atoms with Crippen molar-refractivity contribution in [2.24, 2.45) is 0 Å². The molecule has 0 aliphatic carbocycles. The van der Waals surface area contributed by atoms with E-state index in [1.165, 1.54) is 18.6 Å². The summed E-state index contributed by atoms with van der Waals surface area (Å²) in [6.07, 6.45) is 2.35. The maximum atomic E-state index is 12.9. The number of anilines is 1. The van der Waals surface area contributed by atoms with Crippen LogP contribution < -0.4 is 10.6 Å². The molecule has 0 spiro atoms. The molecule has 1 aliphatic heterocycles. The normalized spacial score (nSPS) is 21.3. The van der Waals surface area contributed by atoms with E-state index in [1.807, 2.05) is 0 Å². The van der Waals surface area contributed by atoms with E-state index >= 15 is 0 Å². The number of nitrogens with one attached hydrogen (secondary N) is 2. The Balaban J connectivity index is 2.03. The van der Waals surface area contributed by atoms with Crippen molar-refractivity contribution in [2.75, 3.05) is 18.4 Å². The number of piperidine rings is 1. The van der Waals surface area contributed by atoms with Crippen molar-refractivity contribution in [3.05, 3.63) is 28.5 Å². The Morgan fingerprint density at radius 2 is 2.33 bits per heavy atom. The zero-order valence-electron chi connectivity index (χ0n) is 8.39. The molecule has 1 aromatic carbocycles. The van der Waals surface area contributed by atoms with Crippen LogP contribution in [0.25, 0.3) is 0 Å². The fourth-order valence-electron chi connectivity index (χ4n) is 1.80. The summed E-state index contributed by atoms with van der Waals surface area (Å²) in [7, 11) is 0. The Bertz CT molecular complexity index is 337. The van der Waals surface area contributed by atoms with Gasteiger partial charge in [-0.15, -0.1) is 0 Å². The molecule has 1 fully saturated rings. The largest absolute Gasteiger partial charge is 0.380 e. The molecule has 1 heterocycles. The van der Waals surface area contributed by atoms with Crippen LogP contribution in [0.3, 0.4) is 0 Å². The Hall–Kier alpha value is -0.610. The van der Waals surface area contributed by atoms with Crippen LogP contribution in [-0.2, 0) is 0 Å². The molecular formula is C11H14BrFN2. The van der Waals surface area contributed by atoms with Gasteiger partial charge < -0.3 is 10.6 Å². The fourth-order valence-corrected chi connectivity index (χ4v) is 2.27. The molecule has 1 aliphatic rings. The Morgan fingerprint density at radius 3 is 3.00 bits per heavy atom. The van der Waals surface area contributed by atoms with Gasteiger partial charge in [0.2, 0.25) is 0 Å². The predicted octanol–water partition coefficient (Wildman–Crippen LogP) is 2.75. The van der Waals surface area contributed by atoms with Crippen LogP contribution in [-0.4, -0.2) is 19.1 Å². The SMILES string of the molecule is Fc1ccc(NC2CCCNC2)c(Br)c1. The summed E-state index contributed by atoms with van der Waals surface area (Å²) in [5.74, 6) is -0.214. The van der Waals surface area contributed by atoms with Crippen LogP contribution in [0.5, 0.6) is 0 Å². The third-order valence-corrected chi connectivity index (χ3v) is 3.24. The first-order valence-electron chi connectivity index (χ1n) is 5.18. The second-order valence-electron chi connectivity index (χ2n) is 3.81. The highest BCUT2D eigenvalue weighted by atomic mass is 79.9. The smallest absolute Gasteiger partial charge is 0.124 e. The molecule has 0 saturated carbocycles. The topological polar surface area (TPSA) is 24.1 Å². The summed E-state index contributed by atoms with van der Waals surface area (Å²) in [4.78, 5) is 0. The van der Waals surface area contributed by atoms with E-state index in [1.54, 1.807) is 6.07 Å². The molecule has 2 rings (SSSR count). The quantitative estimate of drug-likeness (QED) is 0.865. The van der Waals surface area contributed by atoms with Gasteiger partial charge in [-0.3, -0.25) is 0 Å². The molecule has 2 N–H and O–H groups in total. The molecule has 82 valence electrons. The van der Waals surface area contributed by atoms with Gasteiger partial charge >= 0.3 is 0 Å². The molecule has 0 amide bonds. The van der Waals surface area contributed by atoms with Gasteiger partial charge in [0, 0.05) is 22.7 Å². The van der Waals surface area contributed by atoms with E-state index < -0.39 is 0 Å². The minimum absolute atomic E-state index is 0.214. The lowest BCUT2D eigenvalue weighted by atomic mass is 10.1. The van der Waals surface area contributed by atoms with Crippen LogP contribution >= 0.6 is 15.9 Å². The van der Waals surface area contributed by atoms with Crippen LogP contribution in [0.4, 0.5) is 10.1 Å². The first-order chi connectivity index (χ1) is 7.25. The van der Waals surface area contributed by atoms with E-state index in [9.17, 15) is 4.39 Å². The number of hydrogen-bond donors (Lipinski definition) is 2. The van der Waals surface area contributed by atoms with E-state index in [-0.39, 0.29) is 5.82 Å². The fraction of sp³-hybridized carbons (Fsp3) is 0.455. The minimum atomic E-state index is -0.214. The zero-order chi connectivity index (χ0) is 10.7. The maximum Gasteiger partial charge on any atom is 0.124 e. The molecule has 2 nitrogen and oxygen atoms in total. The van der Waals surface area contributed by atoms with E-state index in [0.717, 1.165) is 29.7 Å². The monoisotopic (exact) mass is 272 g/mol. The van der Waals surface area contributed by atoms with Crippen molar-refractivity contribution in [3.63, 3.8) is 0 Å². The number of rotatable bonds is 2. The molecule has 1 atom stereocenters. The average molecular weight is 273 g/mol. The first kappa shape index (κ1) is 10.9. The third-order valence-electron chi connectivity index (χ3n) is 2.59. The van der Waals surface area contributed by atoms with Crippen molar-refractivity contribution < 1.29 is 4.39 Å². The Labute approximate surface area is 97.4 Å². The minimum Gasteiger partial charge on any atom is -0.380 e.